The summed E-state index contributed by atoms with van der Waals surface area (Å²) in [5, 5.41) is 0. The van der Waals surface area contributed by atoms with Crippen LogP contribution in [0.3, 0.4) is 0 Å². The van der Waals surface area contributed by atoms with Crippen molar-refractivity contribution in [3.63, 3.8) is 0 Å². The molecule has 0 unspecified atom stereocenters. The van der Waals surface area contributed by atoms with E-state index in [1.54, 1.807) is 0 Å². The zero-order valence-electron chi connectivity index (χ0n) is 2.17. The van der Waals surface area contributed by atoms with Gasteiger partial charge in [-0.3, -0.25) is 0 Å². The van der Waals surface area contributed by atoms with Gasteiger partial charge in [0.25, 0.3) is 0 Å². The van der Waals surface area contributed by atoms with Crippen LogP contribution < -0.4 is 0 Å². The molecule has 0 aromatic carbocycles. The molecule has 0 N–H and O–H groups in total. The average molecular weight is 459 g/mol. The van der Waals surface area contributed by atoms with Gasteiger partial charge in [0, 0.05) is 17.1 Å². The van der Waals surface area contributed by atoms with Gasteiger partial charge in [0.15, 0.2) is 0 Å². The van der Waals surface area contributed by atoms with Crippen molar-refractivity contribution < 1.29 is 17.1 Å². The standard InChI is InChI=1S/CH3I3.Cu/c2-1-4-3;/h4H,1H2;. The Labute approximate surface area is 76.3 Å². The van der Waals surface area contributed by atoms with Crippen LogP contribution in [0.4, 0.5) is 0 Å². The van der Waals surface area contributed by atoms with Crippen LogP contribution in [0.15, 0.2) is 0 Å². The maximum absolute atomic E-state index is 2.47. The number of alkyl halides is 2. The molecular weight excluding hydrogens is 456 g/mol. The zero-order valence-corrected chi connectivity index (χ0v) is 9.76. The fraction of sp³-hybridized carbons (Fsp3) is 1.00. The number of rotatable bonds is 1. The Balaban J connectivity index is 0. The quantitative estimate of drug-likeness (QED) is 0.321. The minimum Gasteiger partial charge on any atom is 0 e. The van der Waals surface area contributed by atoms with Gasteiger partial charge in [-0.1, -0.05) is 0 Å². The molecule has 4 heteroatoms. The first kappa shape index (κ1) is 10.6. The Bertz CT molecular complexity index is 8.85. The third kappa shape index (κ3) is 10.8. The van der Waals surface area contributed by atoms with Crippen LogP contribution in [-0.2, 0) is 17.1 Å². The first-order valence-electron chi connectivity index (χ1n) is 0.710. The normalized spacial score (nSPS) is 6.80. The molecule has 0 saturated carbocycles. The Morgan fingerprint density at radius 2 is 1.80 bits per heavy atom. The van der Waals surface area contributed by atoms with Gasteiger partial charge in [-0.2, -0.15) is 0 Å². The third-order valence-corrected chi connectivity index (χ3v) is 12.4. The summed E-state index contributed by atoms with van der Waals surface area (Å²) < 4.78 is 1.41. The van der Waals surface area contributed by atoms with E-state index in [0.29, 0.717) is 17.2 Å². The van der Waals surface area contributed by atoms with Crippen molar-refractivity contribution in [3.8, 4) is 0 Å². The van der Waals surface area contributed by atoms with Crippen molar-refractivity contribution >= 4 is 58.4 Å². The van der Waals surface area contributed by atoms with Crippen molar-refractivity contribution in [1.29, 1.82) is 0 Å². The fourth-order valence-electron chi connectivity index (χ4n) is 0. The molecule has 39 valence electrons. The maximum atomic E-state index is 2.47. The van der Waals surface area contributed by atoms with E-state index in [1.807, 2.05) is 0 Å². The summed E-state index contributed by atoms with van der Waals surface area (Å²) in [4.78, 5) is 0. The SMILES string of the molecule is IC[IH]I.[Cu]. The minimum atomic E-state index is 0. The minimum absolute atomic E-state index is 0. The van der Waals surface area contributed by atoms with Gasteiger partial charge in [-0.25, -0.2) is 0 Å². The van der Waals surface area contributed by atoms with Crippen LogP contribution in [0.25, 0.3) is 0 Å². The second-order valence-corrected chi connectivity index (χ2v) is 9.82. The third-order valence-electron chi connectivity index (χ3n) is 0.0412. The van der Waals surface area contributed by atoms with Gasteiger partial charge < -0.3 is 0 Å². The predicted molar refractivity (Wildman–Crippen MR) is 48.3 cm³/mol. The molecule has 0 rings (SSSR count). The molecule has 0 aromatic rings. The molecule has 0 bridgehead atoms. The Kier molecular flexibility index (Phi) is 21.0. The molecule has 0 aromatic heterocycles. The molecule has 0 atom stereocenters. The number of hydrogen-bond acceptors (Lipinski definition) is 0. The zero-order chi connectivity index (χ0) is 3.41. The molecule has 0 spiro atoms. The summed E-state index contributed by atoms with van der Waals surface area (Å²) in [6.07, 6.45) is 0. The summed E-state index contributed by atoms with van der Waals surface area (Å²) in [6, 6.07) is 0. The Morgan fingerprint density at radius 1 is 1.60 bits per heavy atom. The monoisotopic (exact) mass is 459 g/mol. The van der Waals surface area contributed by atoms with Crippen molar-refractivity contribution in [2.24, 2.45) is 0 Å². The van der Waals surface area contributed by atoms with Crippen LogP contribution in [0.2, 0.25) is 0 Å². The molecule has 1 radical (unpaired) electrons. The van der Waals surface area contributed by atoms with E-state index in [-0.39, 0.29) is 17.1 Å². The molecular formula is CH3CuI3. The van der Waals surface area contributed by atoms with E-state index in [0.717, 1.165) is 0 Å². The first-order valence-corrected chi connectivity index (χ1v) is 10.7. The van der Waals surface area contributed by atoms with Gasteiger partial charge in [0.1, 0.15) is 0 Å². The number of halogens is 3. The maximum Gasteiger partial charge on any atom is 0 e. The fourth-order valence-corrected chi connectivity index (χ4v) is 0. The summed E-state index contributed by atoms with van der Waals surface area (Å²) in [6.45, 7) is 0. The topological polar surface area (TPSA) is 0 Å². The van der Waals surface area contributed by atoms with Crippen LogP contribution >= 0.6 is 58.4 Å². The molecule has 0 saturated heterocycles. The smallest absolute Gasteiger partial charge is 0 e. The van der Waals surface area contributed by atoms with Crippen molar-refractivity contribution in [1.82, 2.24) is 0 Å². The van der Waals surface area contributed by atoms with Crippen molar-refractivity contribution in [3.05, 3.63) is 0 Å². The van der Waals surface area contributed by atoms with Crippen molar-refractivity contribution in [2.45, 2.75) is 0 Å². The van der Waals surface area contributed by atoms with Crippen molar-refractivity contribution in [2.75, 3.05) is 2.43 Å². The van der Waals surface area contributed by atoms with E-state index in [4.69, 9.17) is 0 Å². The predicted octanol–water partition coefficient (Wildman–Crippen LogP) is 2.43. The second-order valence-electron chi connectivity index (χ2n) is 0.218. The molecule has 0 fully saturated rings. The molecule has 0 aliphatic rings. The summed E-state index contributed by atoms with van der Waals surface area (Å²) in [5.41, 5.74) is 0. The molecule has 0 aliphatic carbocycles. The van der Waals surface area contributed by atoms with Crippen LogP contribution in [0, 0.1) is 0 Å². The molecule has 0 aliphatic heterocycles. The number of hydrogen-bond donors (Lipinski definition) is 0. The Hall–Kier alpha value is 2.71. The van der Waals surface area contributed by atoms with E-state index >= 15 is 0 Å². The summed E-state index contributed by atoms with van der Waals surface area (Å²) >= 11 is 5.31. The van der Waals surface area contributed by atoms with E-state index in [1.165, 1.54) is 2.43 Å². The van der Waals surface area contributed by atoms with Crippen LogP contribution in [0.5, 0.6) is 0 Å². The van der Waals surface area contributed by atoms with Gasteiger partial charge in [0.2, 0.25) is 0 Å². The molecule has 0 heterocycles. The van der Waals surface area contributed by atoms with E-state index in [9.17, 15) is 0 Å². The van der Waals surface area contributed by atoms with Gasteiger partial charge >= 0.3 is 60.9 Å². The van der Waals surface area contributed by atoms with Gasteiger partial charge in [-0.05, 0) is 0 Å². The summed E-state index contributed by atoms with van der Waals surface area (Å²) in [7, 11) is 0. The second kappa shape index (κ2) is 9.86. The molecule has 0 nitrogen and oxygen atoms in total. The Morgan fingerprint density at radius 3 is 1.80 bits per heavy atom. The van der Waals surface area contributed by atoms with Crippen LogP contribution in [0.1, 0.15) is 0 Å². The van der Waals surface area contributed by atoms with Gasteiger partial charge in [-0.15, -0.1) is 0 Å². The van der Waals surface area contributed by atoms with E-state index in [2.05, 4.69) is 41.2 Å². The van der Waals surface area contributed by atoms with Gasteiger partial charge in [0.05, 0.1) is 0 Å². The summed E-state index contributed by atoms with van der Waals surface area (Å²) in [5.74, 6) is 0. The largest absolute Gasteiger partial charge is 0 e. The van der Waals surface area contributed by atoms with E-state index < -0.39 is 0 Å². The average Bonchev–Trinajstić information content (AvgIpc) is 1.37. The van der Waals surface area contributed by atoms with Crippen LogP contribution in [-0.4, -0.2) is 2.43 Å². The molecule has 0 amide bonds. The first-order chi connectivity index (χ1) is 1.91. The molecule has 5 heavy (non-hydrogen) atoms.